The van der Waals surface area contributed by atoms with Gasteiger partial charge >= 0.3 is 0 Å². The van der Waals surface area contributed by atoms with E-state index in [4.69, 9.17) is 4.74 Å². The molecule has 0 atom stereocenters. The van der Waals surface area contributed by atoms with E-state index in [1.54, 1.807) is 7.11 Å². The summed E-state index contributed by atoms with van der Waals surface area (Å²) in [6.45, 7) is 5.32. The standard InChI is InChI=1S/C18H22N2O/c1-21-18-10-6-5-9-17(18)20-13-11-19(12-14-20)15-16-7-3-2-4-8-16/h2-10H,11-15H2,1H3. The predicted octanol–water partition coefficient (Wildman–Crippen LogP) is 3.02. The third-order valence-corrected chi connectivity index (χ3v) is 4.05. The first-order valence-corrected chi connectivity index (χ1v) is 7.51. The number of rotatable bonds is 4. The van der Waals surface area contributed by atoms with Gasteiger partial charge in [0.1, 0.15) is 5.75 Å². The van der Waals surface area contributed by atoms with Crippen molar-refractivity contribution in [3.8, 4) is 5.75 Å². The summed E-state index contributed by atoms with van der Waals surface area (Å²) in [6.07, 6.45) is 0. The van der Waals surface area contributed by atoms with Gasteiger partial charge in [-0.25, -0.2) is 0 Å². The van der Waals surface area contributed by atoms with Crippen LogP contribution < -0.4 is 9.64 Å². The lowest BCUT2D eigenvalue weighted by molar-refractivity contribution is 0.249. The summed E-state index contributed by atoms with van der Waals surface area (Å²) >= 11 is 0. The first-order valence-electron chi connectivity index (χ1n) is 7.51. The van der Waals surface area contributed by atoms with E-state index < -0.39 is 0 Å². The average molecular weight is 282 g/mol. The van der Waals surface area contributed by atoms with Gasteiger partial charge in [-0.3, -0.25) is 4.90 Å². The highest BCUT2D eigenvalue weighted by Crippen LogP contribution is 2.28. The molecule has 3 heteroatoms. The van der Waals surface area contributed by atoms with E-state index in [1.165, 1.54) is 11.3 Å². The smallest absolute Gasteiger partial charge is 0.142 e. The van der Waals surface area contributed by atoms with Crippen LogP contribution in [0.1, 0.15) is 5.56 Å². The zero-order valence-electron chi connectivity index (χ0n) is 12.5. The number of benzene rings is 2. The Balaban J connectivity index is 1.60. The summed E-state index contributed by atoms with van der Waals surface area (Å²) in [7, 11) is 1.74. The van der Waals surface area contributed by atoms with Gasteiger partial charge in [-0.2, -0.15) is 0 Å². The van der Waals surface area contributed by atoms with Crippen molar-refractivity contribution in [3.05, 3.63) is 60.2 Å². The first kappa shape index (κ1) is 14.0. The van der Waals surface area contributed by atoms with E-state index in [1.807, 2.05) is 12.1 Å². The van der Waals surface area contributed by atoms with Gasteiger partial charge in [-0.1, -0.05) is 42.5 Å². The zero-order valence-corrected chi connectivity index (χ0v) is 12.5. The third-order valence-electron chi connectivity index (χ3n) is 4.05. The minimum Gasteiger partial charge on any atom is -0.495 e. The maximum Gasteiger partial charge on any atom is 0.142 e. The van der Waals surface area contributed by atoms with Crippen molar-refractivity contribution in [2.24, 2.45) is 0 Å². The minimum atomic E-state index is 0.967. The van der Waals surface area contributed by atoms with Crippen molar-refractivity contribution in [2.75, 3.05) is 38.2 Å². The highest BCUT2D eigenvalue weighted by atomic mass is 16.5. The van der Waals surface area contributed by atoms with Crippen LogP contribution in [0.5, 0.6) is 5.75 Å². The maximum absolute atomic E-state index is 5.47. The minimum absolute atomic E-state index is 0.967. The highest BCUT2D eigenvalue weighted by Gasteiger charge is 2.19. The lowest BCUT2D eigenvalue weighted by Gasteiger charge is -2.36. The van der Waals surface area contributed by atoms with E-state index in [-0.39, 0.29) is 0 Å². The number of hydrogen-bond donors (Lipinski definition) is 0. The molecule has 21 heavy (non-hydrogen) atoms. The number of nitrogens with zero attached hydrogens (tertiary/aromatic N) is 2. The number of para-hydroxylation sites is 2. The molecule has 1 saturated heterocycles. The van der Waals surface area contributed by atoms with Crippen LogP contribution in [-0.2, 0) is 6.54 Å². The summed E-state index contributed by atoms with van der Waals surface area (Å²) in [5, 5.41) is 0. The molecule has 0 N–H and O–H groups in total. The van der Waals surface area contributed by atoms with Gasteiger partial charge in [0.15, 0.2) is 0 Å². The van der Waals surface area contributed by atoms with Gasteiger partial charge in [0.2, 0.25) is 0 Å². The van der Waals surface area contributed by atoms with Gasteiger partial charge < -0.3 is 9.64 Å². The molecule has 2 aromatic carbocycles. The lowest BCUT2D eigenvalue weighted by Crippen LogP contribution is -2.46. The SMILES string of the molecule is COc1ccccc1N1CCN(Cc2ccccc2)CC1. The Labute approximate surface area is 126 Å². The Bertz CT molecular complexity index is 562. The van der Waals surface area contributed by atoms with Gasteiger partial charge in [-0.15, -0.1) is 0 Å². The summed E-state index contributed by atoms with van der Waals surface area (Å²) in [4.78, 5) is 4.93. The molecule has 1 aliphatic rings. The Hall–Kier alpha value is -2.00. The fourth-order valence-electron chi connectivity index (χ4n) is 2.88. The molecular weight excluding hydrogens is 260 g/mol. The average Bonchev–Trinajstić information content (AvgIpc) is 2.56. The second-order valence-corrected chi connectivity index (χ2v) is 5.42. The number of anilines is 1. The molecule has 0 aliphatic carbocycles. The molecule has 2 aromatic rings. The van der Waals surface area contributed by atoms with Crippen LogP contribution in [0.3, 0.4) is 0 Å². The Morgan fingerprint density at radius 3 is 2.24 bits per heavy atom. The molecule has 0 aromatic heterocycles. The molecule has 1 aliphatic heterocycles. The quantitative estimate of drug-likeness (QED) is 0.857. The largest absolute Gasteiger partial charge is 0.495 e. The zero-order chi connectivity index (χ0) is 14.5. The second kappa shape index (κ2) is 6.64. The fourth-order valence-corrected chi connectivity index (χ4v) is 2.88. The summed E-state index contributed by atoms with van der Waals surface area (Å²) < 4.78 is 5.47. The van der Waals surface area contributed by atoms with Crippen LogP contribution in [0.25, 0.3) is 0 Å². The third kappa shape index (κ3) is 3.37. The monoisotopic (exact) mass is 282 g/mol. The van der Waals surface area contributed by atoms with Crippen LogP contribution in [0.4, 0.5) is 5.69 Å². The Morgan fingerprint density at radius 1 is 0.857 bits per heavy atom. The maximum atomic E-state index is 5.47. The van der Waals surface area contributed by atoms with E-state index in [2.05, 4.69) is 52.3 Å². The molecule has 0 unspecified atom stereocenters. The highest BCUT2D eigenvalue weighted by molar-refractivity contribution is 5.58. The molecule has 0 saturated carbocycles. The first-order chi connectivity index (χ1) is 10.4. The van der Waals surface area contributed by atoms with Crippen molar-refractivity contribution in [1.29, 1.82) is 0 Å². The van der Waals surface area contributed by atoms with Crippen molar-refractivity contribution < 1.29 is 4.74 Å². The normalized spacial score (nSPS) is 16.0. The molecule has 3 nitrogen and oxygen atoms in total. The van der Waals surface area contributed by atoms with Crippen LogP contribution >= 0.6 is 0 Å². The fraction of sp³-hybridized carbons (Fsp3) is 0.333. The Morgan fingerprint density at radius 2 is 1.52 bits per heavy atom. The summed E-state index contributed by atoms with van der Waals surface area (Å²) in [5.41, 5.74) is 2.60. The van der Waals surface area contributed by atoms with E-state index in [0.29, 0.717) is 0 Å². The summed E-state index contributed by atoms with van der Waals surface area (Å²) in [6, 6.07) is 19.0. The molecule has 0 amide bonds. The van der Waals surface area contributed by atoms with Crippen molar-refractivity contribution in [3.63, 3.8) is 0 Å². The van der Waals surface area contributed by atoms with Gasteiger partial charge in [-0.05, 0) is 17.7 Å². The number of ether oxygens (including phenoxy) is 1. The number of methoxy groups -OCH3 is 1. The van der Waals surface area contributed by atoms with Crippen LogP contribution in [0.2, 0.25) is 0 Å². The van der Waals surface area contributed by atoms with Gasteiger partial charge in [0.25, 0.3) is 0 Å². The molecule has 0 spiro atoms. The number of hydrogen-bond acceptors (Lipinski definition) is 3. The molecule has 110 valence electrons. The van der Waals surface area contributed by atoms with Gasteiger partial charge in [0.05, 0.1) is 12.8 Å². The van der Waals surface area contributed by atoms with E-state index in [0.717, 1.165) is 38.5 Å². The molecule has 0 bridgehead atoms. The summed E-state index contributed by atoms with van der Waals surface area (Å²) in [5.74, 6) is 0.967. The lowest BCUT2D eigenvalue weighted by atomic mass is 10.2. The Kier molecular flexibility index (Phi) is 4.41. The van der Waals surface area contributed by atoms with Gasteiger partial charge in [0, 0.05) is 32.7 Å². The van der Waals surface area contributed by atoms with Crippen LogP contribution in [0.15, 0.2) is 54.6 Å². The second-order valence-electron chi connectivity index (χ2n) is 5.42. The molecule has 1 heterocycles. The van der Waals surface area contributed by atoms with E-state index in [9.17, 15) is 0 Å². The predicted molar refractivity (Wildman–Crippen MR) is 86.9 cm³/mol. The van der Waals surface area contributed by atoms with Crippen molar-refractivity contribution in [1.82, 2.24) is 4.90 Å². The van der Waals surface area contributed by atoms with Crippen molar-refractivity contribution >= 4 is 5.69 Å². The van der Waals surface area contributed by atoms with E-state index >= 15 is 0 Å². The topological polar surface area (TPSA) is 15.7 Å². The van der Waals surface area contributed by atoms with Crippen LogP contribution in [0, 0.1) is 0 Å². The number of piperazine rings is 1. The molecule has 1 fully saturated rings. The van der Waals surface area contributed by atoms with Crippen molar-refractivity contribution in [2.45, 2.75) is 6.54 Å². The molecule has 0 radical (unpaired) electrons. The molecule has 3 rings (SSSR count). The van der Waals surface area contributed by atoms with Crippen LogP contribution in [-0.4, -0.2) is 38.2 Å². The molecular formula is C18H22N2O.